The number of carbonyl (C=O) groups is 2. The first kappa shape index (κ1) is 17.9. The van der Waals surface area contributed by atoms with Crippen LogP contribution in [0.4, 0.5) is 4.79 Å². The van der Waals surface area contributed by atoms with Crippen molar-refractivity contribution in [3.63, 3.8) is 0 Å². The second kappa shape index (κ2) is 7.90. The molecule has 0 aliphatic carbocycles. The van der Waals surface area contributed by atoms with Gasteiger partial charge in [0.05, 0.1) is 6.54 Å². The molecule has 1 aliphatic rings. The molecule has 0 saturated carbocycles. The highest BCUT2D eigenvalue weighted by Crippen LogP contribution is 2.13. The molecule has 0 radical (unpaired) electrons. The third kappa shape index (κ3) is 6.68. The standard InChI is InChI=1S/C16H26N4O2S/c1-16(2,3)18-15(22)17-14(21)12-20-8-6-19(7-9-20)11-13-5-4-10-23-13/h4-5,10H,6-9,11-12H2,1-3H3,(H2,17,18,21,22). The Kier molecular flexibility index (Phi) is 6.15. The van der Waals surface area contributed by atoms with E-state index in [1.165, 1.54) is 4.88 Å². The number of nitrogens with one attached hydrogen (secondary N) is 2. The van der Waals surface area contributed by atoms with Gasteiger partial charge in [0, 0.05) is 43.1 Å². The Balaban J connectivity index is 1.67. The van der Waals surface area contributed by atoms with Crippen LogP contribution in [0.3, 0.4) is 0 Å². The molecule has 1 aromatic rings. The van der Waals surface area contributed by atoms with Crippen molar-refractivity contribution >= 4 is 23.3 Å². The smallest absolute Gasteiger partial charge is 0.321 e. The average Bonchev–Trinajstić information content (AvgIpc) is 2.91. The lowest BCUT2D eigenvalue weighted by atomic mass is 10.1. The van der Waals surface area contributed by atoms with Gasteiger partial charge in [0.25, 0.3) is 0 Å². The molecule has 0 aromatic carbocycles. The molecule has 2 heterocycles. The Bertz CT molecular complexity index is 517. The summed E-state index contributed by atoms with van der Waals surface area (Å²) in [5.74, 6) is -0.251. The van der Waals surface area contributed by atoms with Gasteiger partial charge in [-0.1, -0.05) is 6.07 Å². The van der Waals surface area contributed by atoms with Crippen LogP contribution in [0, 0.1) is 0 Å². The van der Waals surface area contributed by atoms with Gasteiger partial charge in [-0.15, -0.1) is 11.3 Å². The Hall–Kier alpha value is -1.44. The molecule has 1 aliphatic heterocycles. The van der Waals surface area contributed by atoms with Crippen molar-refractivity contribution in [2.75, 3.05) is 32.7 Å². The van der Waals surface area contributed by atoms with Crippen molar-refractivity contribution in [1.29, 1.82) is 0 Å². The monoisotopic (exact) mass is 338 g/mol. The summed E-state index contributed by atoms with van der Waals surface area (Å²) in [5.41, 5.74) is -0.349. The first-order chi connectivity index (χ1) is 10.8. The highest BCUT2D eigenvalue weighted by molar-refractivity contribution is 7.09. The average molecular weight is 338 g/mol. The van der Waals surface area contributed by atoms with Gasteiger partial charge in [0.2, 0.25) is 5.91 Å². The molecule has 1 aromatic heterocycles. The van der Waals surface area contributed by atoms with E-state index in [2.05, 4.69) is 37.9 Å². The quantitative estimate of drug-likeness (QED) is 0.873. The molecule has 0 atom stereocenters. The van der Waals surface area contributed by atoms with Crippen LogP contribution in [0.15, 0.2) is 17.5 Å². The lowest BCUT2D eigenvalue weighted by Crippen LogP contribution is -2.52. The molecular weight excluding hydrogens is 312 g/mol. The third-order valence-corrected chi connectivity index (χ3v) is 4.39. The van der Waals surface area contributed by atoms with Crippen LogP contribution in [0.2, 0.25) is 0 Å². The maximum absolute atomic E-state index is 11.9. The number of thiophene rings is 1. The van der Waals surface area contributed by atoms with Gasteiger partial charge >= 0.3 is 6.03 Å². The molecule has 0 spiro atoms. The van der Waals surface area contributed by atoms with Crippen molar-refractivity contribution < 1.29 is 9.59 Å². The summed E-state index contributed by atoms with van der Waals surface area (Å²) >= 11 is 1.78. The summed E-state index contributed by atoms with van der Waals surface area (Å²) in [6.45, 7) is 10.5. The van der Waals surface area contributed by atoms with E-state index in [0.717, 1.165) is 32.7 Å². The van der Waals surface area contributed by atoms with E-state index in [1.54, 1.807) is 11.3 Å². The number of carbonyl (C=O) groups excluding carboxylic acids is 2. The molecule has 3 amide bonds. The lowest BCUT2D eigenvalue weighted by molar-refractivity contribution is -0.121. The molecule has 2 N–H and O–H groups in total. The molecule has 0 unspecified atom stereocenters. The van der Waals surface area contributed by atoms with Gasteiger partial charge < -0.3 is 5.32 Å². The molecule has 2 rings (SSSR count). The number of amides is 3. The number of hydrogen-bond acceptors (Lipinski definition) is 5. The largest absolute Gasteiger partial charge is 0.333 e. The SMILES string of the molecule is CC(C)(C)NC(=O)NC(=O)CN1CCN(Cc2cccs2)CC1. The van der Waals surface area contributed by atoms with E-state index in [0.29, 0.717) is 0 Å². The van der Waals surface area contributed by atoms with Crippen LogP contribution in [0.25, 0.3) is 0 Å². The predicted octanol–water partition coefficient (Wildman–Crippen LogP) is 1.49. The fourth-order valence-corrected chi connectivity index (χ4v) is 3.22. The van der Waals surface area contributed by atoms with Crippen molar-refractivity contribution in [1.82, 2.24) is 20.4 Å². The first-order valence-corrected chi connectivity index (χ1v) is 8.79. The second-order valence-corrected chi connectivity index (χ2v) is 7.92. The highest BCUT2D eigenvalue weighted by Gasteiger charge is 2.21. The highest BCUT2D eigenvalue weighted by atomic mass is 32.1. The molecule has 6 nitrogen and oxygen atoms in total. The minimum atomic E-state index is -0.432. The van der Waals surface area contributed by atoms with Gasteiger partial charge in [-0.25, -0.2) is 4.79 Å². The molecule has 1 fully saturated rings. The minimum absolute atomic E-state index is 0.251. The number of rotatable bonds is 4. The number of piperazine rings is 1. The maximum Gasteiger partial charge on any atom is 0.321 e. The molecular formula is C16H26N4O2S. The zero-order chi connectivity index (χ0) is 16.9. The fraction of sp³-hybridized carbons (Fsp3) is 0.625. The summed E-state index contributed by atoms with van der Waals surface area (Å²) in [6, 6.07) is 3.79. The Labute approximate surface area is 141 Å². The minimum Gasteiger partial charge on any atom is -0.333 e. The van der Waals surface area contributed by atoms with Crippen LogP contribution < -0.4 is 10.6 Å². The van der Waals surface area contributed by atoms with E-state index in [4.69, 9.17) is 0 Å². The van der Waals surface area contributed by atoms with Gasteiger partial charge in [-0.3, -0.25) is 19.9 Å². The molecule has 7 heteroatoms. The Morgan fingerprint density at radius 1 is 1.17 bits per heavy atom. The van der Waals surface area contributed by atoms with E-state index in [9.17, 15) is 9.59 Å². The molecule has 1 saturated heterocycles. The Morgan fingerprint density at radius 3 is 2.39 bits per heavy atom. The van der Waals surface area contributed by atoms with Gasteiger partial charge in [-0.05, 0) is 32.2 Å². The zero-order valence-electron chi connectivity index (χ0n) is 14.1. The normalized spacial score (nSPS) is 17.0. The second-order valence-electron chi connectivity index (χ2n) is 6.88. The van der Waals surface area contributed by atoms with E-state index >= 15 is 0 Å². The molecule has 0 bridgehead atoms. The van der Waals surface area contributed by atoms with Crippen LogP contribution in [0.1, 0.15) is 25.6 Å². The van der Waals surface area contributed by atoms with Crippen LogP contribution >= 0.6 is 11.3 Å². The van der Waals surface area contributed by atoms with Crippen LogP contribution in [0.5, 0.6) is 0 Å². The lowest BCUT2D eigenvalue weighted by Gasteiger charge is -2.34. The molecule has 128 valence electrons. The fourth-order valence-electron chi connectivity index (χ4n) is 2.47. The van der Waals surface area contributed by atoms with Crippen molar-refractivity contribution in [2.45, 2.75) is 32.9 Å². The number of imide groups is 1. The summed E-state index contributed by atoms with van der Waals surface area (Å²) in [5, 5.41) is 7.21. The topological polar surface area (TPSA) is 64.7 Å². The first-order valence-electron chi connectivity index (χ1n) is 7.91. The zero-order valence-corrected chi connectivity index (χ0v) is 14.9. The summed E-state index contributed by atoms with van der Waals surface area (Å²) in [7, 11) is 0. The van der Waals surface area contributed by atoms with E-state index in [-0.39, 0.29) is 18.0 Å². The summed E-state index contributed by atoms with van der Waals surface area (Å²) in [4.78, 5) is 29.4. The predicted molar refractivity (Wildman–Crippen MR) is 92.5 cm³/mol. The van der Waals surface area contributed by atoms with Crippen molar-refractivity contribution in [3.8, 4) is 0 Å². The van der Waals surface area contributed by atoms with Gasteiger partial charge in [0.15, 0.2) is 0 Å². The van der Waals surface area contributed by atoms with E-state index < -0.39 is 6.03 Å². The van der Waals surface area contributed by atoms with E-state index in [1.807, 2.05) is 20.8 Å². The number of hydrogen-bond donors (Lipinski definition) is 2. The van der Waals surface area contributed by atoms with Gasteiger partial charge in [0.1, 0.15) is 0 Å². The number of urea groups is 1. The van der Waals surface area contributed by atoms with Crippen molar-refractivity contribution in [2.24, 2.45) is 0 Å². The summed E-state index contributed by atoms with van der Waals surface area (Å²) < 4.78 is 0. The summed E-state index contributed by atoms with van der Waals surface area (Å²) in [6.07, 6.45) is 0. The number of nitrogens with zero attached hydrogens (tertiary/aromatic N) is 2. The maximum atomic E-state index is 11.9. The third-order valence-electron chi connectivity index (χ3n) is 3.53. The van der Waals surface area contributed by atoms with Crippen LogP contribution in [-0.4, -0.2) is 60.0 Å². The van der Waals surface area contributed by atoms with Crippen molar-refractivity contribution in [3.05, 3.63) is 22.4 Å². The van der Waals surface area contributed by atoms with Gasteiger partial charge in [-0.2, -0.15) is 0 Å². The van der Waals surface area contributed by atoms with Crippen LogP contribution in [-0.2, 0) is 11.3 Å². The molecule has 23 heavy (non-hydrogen) atoms. The Morgan fingerprint density at radius 2 is 1.83 bits per heavy atom.